The molecule has 0 aliphatic carbocycles. The van der Waals surface area contributed by atoms with Crippen LogP contribution in [0.1, 0.15) is 46.4 Å². The number of carbonyl (C=O) groups is 1. The van der Waals surface area contributed by atoms with E-state index in [1.807, 2.05) is 0 Å². The van der Waals surface area contributed by atoms with Crippen LogP contribution in [0.5, 0.6) is 5.75 Å². The third kappa shape index (κ3) is 6.11. The van der Waals surface area contributed by atoms with Crippen LogP contribution in [0.4, 0.5) is 10.2 Å². The van der Waals surface area contributed by atoms with E-state index in [-0.39, 0.29) is 29.5 Å². The van der Waals surface area contributed by atoms with Crippen LogP contribution in [-0.2, 0) is 23.4 Å². The summed E-state index contributed by atoms with van der Waals surface area (Å²) >= 11 is 0. The number of fused-ring (bicyclic) bond motifs is 1. The van der Waals surface area contributed by atoms with Gasteiger partial charge in [0.15, 0.2) is 17.1 Å². The second kappa shape index (κ2) is 11.4. The fourth-order valence-corrected chi connectivity index (χ4v) is 6.02. The van der Waals surface area contributed by atoms with Gasteiger partial charge in [-0.25, -0.2) is 23.4 Å². The molecule has 1 aliphatic rings. The number of nitrogens with two attached hydrogens (primary N) is 1. The number of nitrogen functional groups attached to an aromatic ring is 1. The maximum absolute atomic E-state index is 15.9. The van der Waals surface area contributed by atoms with E-state index in [4.69, 9.17) is 24.3 Å². The summed E-state index contributed by atoms with van der Waals surface area (Å²) in [5.41, 5.74) is 3.14. The molecule has 218 valence electrons. The zero-order valence-corrected chi connectivity index (χ0v) is 23.7. The molecule has 6 atom stereocenters. The van der Waals surface area contributed by atoms with Crippen molar-refractivity contribution in [1.82, 2.24) is 24.7 Å². The largest absolute Gasteiger partial charge is 0.465 e. The summed E-state index contributed by atoms with van der Waals surface area (Å²) in [5.74, 6) is -0.378. The first-order valence-electron chi connectivity index (χ1n) is 12.7. The van der Waals surface area contributed by atoms with Crippen molar-refractivity contribution in [1.29, 1.82) is 0 Å². The number of carbonyl (C=O) groups excluding carboxylic acids is 1. The number of imidazole rings is 1. The van der Waals surface area contributed by atoms with Crippen LogP contribution in [0.2, 0.25) is 0 Å². The smallest absolute Gasteiger partial charge is 0.459 e. The molecule has 1 saturated heterocycles. The summed E-state index contributed by atoms with van der Waals surface area (Å²) in [4.78, 5) is 20.8. The molecule has 2 aromatic heterocycles. The average Bonchev–Trinajstić information content (AvgIpc) is 3.41. The number of hydrogen-bond donors (Lipinski definition) is 3. The standard InChI is InChI=1S/C25H34FN6O7P/c1-6-36-23(34)18(24(2,3)4)31-40(35,39-15-10-8-7-9-11-15)37-13-17-19(33)25(5,26)20(38-17)16-12-28-22-21(27)29-14-30-32(16)22/h7-12,14,17-20,33H,6,13H2,1-5H3,(H,31,35)(H2,27,29,30)/t17-,18-,19-,20+,25-,40?/m1/s1. The Bertz CT molecular complexity index is 1380. The molecular formula is C25H34FN6O7P. The van der Waals surface area contributed by atoms with Crippen molar-refractivity contribution in [2.75, 3.05) is 18.9 Å². The summed E-state index contributed by atoms with van der Waals surface area (Å²) in [6, 6.07) is 7.10. The molecule has 1 aliphatic heterocycles. The van der Waals surface area contributed by atoms with Crippen molar-refractivity contribution < 1.29 is 37.4 Å². The Balaban J connectivity index is 1.59. The van der Waals surface area contributed by atoms with Gasteiger partial charge in [-0.15, -0.1) is 0 Å². The molecular weight excluding hydrogens is 546 g/mol. The first-order chi connectivity index (χ1) is 18.8. The molecule has 1 fully saturated rings. The molecule has 0 saturated carbocycles. The fraction of sp³-hybridized carbons (Fsp3) is 0.520. The zero-order valence-electron chi connectivity index (χ0n) is 22.9. The van der Waals surface area contributed by atoms with Crippen LogP contribution in [0.3, 0.4) is 0 Å². The highest BCUT2D eigenvalue weighted by atomic mass is 31.2. The van der Waals surface area contributed by atoms with E-state index in [1.54, 1.807) is 58.0 Å². The lowest BCUT2D eigenvalue weighted by atomic mass is 9.87. The predicted molar refractivity (Wildman–Crippen MR) is 142 cm³/mol. The topological polar surface area (TPSA) is 172 Å². The number of esters is 1. The van der Waals surface area contributed by atoms with Gasteiger partial charge in [0.05, 0.1) is 25.1 Å². The Labute approximate surface area is 230 Å². The number of aliphatic hydroxyl groups is 1. The minimum atomic E-state index is -4.34. The van der Waals surface area contributed by atoms with Gasteiger partial charge in [0.2, 0.25) is 0 Å². The highest BCUT2D eigenvalue weighted by Gasteiger charge is 2.56. The summed E-state index contributed by atoms with van der Waals surface area (Å²) in [6.45, 7) is 7.64. The van der Waals surface area contributed by atoms with Crippen molar-refractivity contribution in [3.63, 3.8) is 0 Å². The normalized spacial score (nSPS) is 25.4. The number of nitrogens with one attached hydrogen (secondary N) is 1. The SMILES string of the molecule is CCOC(=O)[C@@H](NP(=O)(OC[C@H]1O[C@@H](c2cnc3c(N)ncnn23)[C@](C)(F)[C@@H]1O)Oc1ccccc1)C(C)(C)C. The van der Waals surface area contributed by atoms with E-state index < -0.39 is 55.8 Å². The van der Waals surface area contributed by atoms with Gasteiger partial charge in [0, 0.05) is 0 Å². The Morgan fingerprint density at radius 2 is 2.02 bits per heavy atom. The molecule has 1 unspecified atom stereocenters. The molecule has 0 spiro atoms. The molecule has 4 rings (SSSR count). The number of para-hydroxylation sites is 1. The van der Waals surface area contributed by atoms with Crippen LogP contribution in [0.15, 0.2) is 42.9 Å². The highest BCUT2D eigenvalue weighted by molar-refractivity contribution is 7.52. The number of halogens is 1. The number of rotatable bonds is 10. The average molecular weight is 581 g/mol. The van der Waals surface area contributed by atoms with Crippen molar-refractivity contribution in [3.05, 3.63) is 48.5 Å². The Hall–Kier alpha value is -3.16. The minimum Gasteiger partial charge on any atom is -0.465 e. The van der Waals surface area contributed by atoms with E-state index in [9.17, 15) is 14.5 Å². The third-order valence-corrected chi connectivity index (χ3v) is 7.95. The Kier molecular flexibility index (Phi) is 8.48. The first kappa shape index (κ1) is 29.8. The number of aliphatic hydroxyl groups excluding tert-OH is 1. The van der Waals surface area contributed by atoms with Gasteiger partial charge in [0.25, 0.3) is 0 Å². The van der Waals surface area contributed by atoms with Crippen molar-refractivity contribution in [2.24, 2.45) is 5.41 Å². The first-order valence-corrected chi connectivity index (χ1v) is 14.2. The molecule has 0 amide bonds. The van der Waals surface area contributed by atoms with Crippen LogP contribution in [0, 0.1) is 5.41 Å². The van der Waals surface area contributed by atoms with Crippen molar-refractivity contribution in [2.45, 2.75) is 64.6 Å². The minimum absolute atomic E-state index is 0.0836. The Morgan fingerprint density at radius 1 is 1.32 bits per heavy atom. The number of hydrogen-bond acceptors (Lipinski definition) is 11. The van der Waals surface area contributed by atoms with Gasteiger partial charge in [-0.1, -0.05) is 39.0 Å². The molecule has 3 heterocycles. The van der Waals surface area contributed by atoms with E-state index in [0.29, 0.717) is 0 Å². The maximum atomic E-state index is 15.9. The van der Waals surface area contributed by atoms with Gasteiger partial charge in [-0.05, 0) is 31.4 Å². The lowest BCUT2D eigenvalue weighted by Gasteiger charge is -2.32. The Morgan fingerprint density at radius 3 is 2.67 bits per heavy atom. The highest BCUT2D eigenvalue weighted by Crippen LogP contribution is 2.49. The van der Waals surface area contributed by atoms with E-state index in [1.165, 1.54) is 24.0 Å². The number of aromatic nitrogens is 4. The van der Waals surface area contributed by atoms with E-state index in [0.717, 1.165) is 0 Å². The number of alkyl halides is 1. The van der Waals surface area contributed by atoms with Crippen molar-refractivity contribution in [3.8, 4) is 5.75 Å². The summed E-state index contributed by atoms with van der Waals surface area (Å²) in [7, 11) is -4.34. The number of benzene rings is 1. The van der Waals surface area contributed by atoms with Gasteiger partial charge in [-0.2, -0.15) is 10.2 Å². The molecule has 1 aromatic carbocycles. The predicted octanol–water partition coefficient (Wildman–Crippen LogP) is 3.01. The fourth-order valence-electron chi connectivity index (χ4n) is 4.29. The monoisotopic (exact) mass is 580 g/mol. The van der Waals surface area contributed by atoms with Gasteiger partial charge >= 0.3 is 13.7 Å². The van der Waals surface area contributed by atoms with Gasteiger partial charge < -0.3 is 24.8 Å². The summed E-state index contributed by atoms with van der Waals surface area (Å²) < 4.78 is 53.7. The summed E-state index contributed by atoms with van der Waals surface area (Å²) in [5, 5.41) is 17.6. The zero-order chi connectivity index (χ0) is 29.3. The second-order valence-electron chi connectivity index (χ2n) is 10.6. The number of anilines is 1. The quantitative estimate of drug-likeness (QED) is 0.237. The van der Waals surface area contributed by atoms with Crippen LogP contribution in [0.25, 0.3) is 5.65 Å². The maximum Gasteiger partial charge on any atom is 0.459 e. The lowest BCUT2D eigenvalue weighted by molar-refractivity contribution is -0.148. The molecule has 0 bridgehead atoms. The summed E-state index contributed by atoms with van der Waals surface area (Å²) in [6.07, 6.45) is -1.79. The van der Waals surface area contributed by atoms with E-state index in [2.05, 4.69) is 20.2 Å². The molecule has 40 heavy (non-hydrogen) atoms. The van der Waals surface area contributed by atoms with Crippen molar-refractivity contribution >= 4 is 25.2 Å². The molecule has 0 radical (unpaired) electrons. The molecule has 13 nitrogen and oxygen atoms in total. The molecule has 15 heteroatoms. The third-order valence-electron chi connectivity index (χ3n) is 6.43. The number of nitrogens with zero attached hydrogens (tertiary/aromatic N) is 4. The molecule has 3 aromatic rings. The molecule has 4 N–H and O–H groups in total. The van der Waals surface area contributed by atoms with Crippen LogP contribution in [-0.4, -0.2) is 67.8 Å². The van der Waals surface area contributed by atoms with Gasteiger partial charge in [0.1, 0.15) is 36.4 Å². The van der Waals surface area contributed by atoms with Crippen LogP contribution >= 0.6 is 7.75 Å². The lowest BCUT2D eigenvalue weighted by Crippen LogP contribution is -2.47. The van der Waals surface area contributed by atoms with E-state index >= 15 is 4.39 Å². The number of ether oxygens (including phenoxy) is 2. The van der Waals surface area contributed by atoms with Gasteiger partial charge in [-0.3, -0.25) is 9.32 Å². The van der Waals surface area contributed by atoms with Crippen LogP contribution < -0.4 is 15.3 Å². The second-order valence-corrected chi connectivity index (χ2v) is 12.3.